The number of hydrogen-bond donors (Lipinski definition) is 2. The van der Waals surface area contributed by atoms with Crippen molar-refractivity contribution in [1.29, 1.82) is 0 Å². The molecule has 0 aromatic heterocycles. The van der Waals surface area contributed by atoms with Crippen molar-refractivity contribution in [1.82, 2.24) is 10.2 Å². The van der Waals surface area contributed by atoms with Crippen LogP contribution in [0, 0.1) is 11.8 Å². The van der Waals surface area contributed by atoms with Gasteiger partial charge in [0.05, 0.1) is 0 Å². The van der Waals surface area contributed by atoms with Gasteiger partial charge in [-0.3, -0.25) is 0 Å². The predicted octanol–water partition coefficient (Wildman–Crippen LogP) is 2.02. The number of fused-ring (bicyclic) bond motifs is 1. The normalized spacial score (nSPS) is 26.2. The Bertz CT molecular complexity index is 436. The van der Waals surface area contributed by atoms with Crippen molar-refractivity contribution in [2.45, 2.75) is 0 Å². The average Bonchev–Trinajstić information content (AvgIpc) is 2.92. The molecule has 0 radical (unpaired) electrons. The lowest BCUT2D eigenvalue weighted by atomic mass is 10.0. The molecule has 0 saturated carbocycles. The van der Waals surface area contributed by atoms with Crippen LogP contribution in [-0.2, 0) is 0 Å². The fourth-order valence-electron chi connectivity index (χ4n) is 2.76. The Labute approximate surface area is 111 Å². The molecule has 18 heavy (non-hydrogen) atoms. The molecule has 2 saturated heterocycles. The zero-order chi connectivity index (χ0) is 12.5. The minimum atomic E-state index is -0.00766. The van der Waals surface area contributed by atoms with Crippen LogP contribution in [0.3, 0.4) is 0 Å². The Balaban J connectivity index is 1.60. The number of nitrogens with zero attached hydrogens (tertiary/aromatic N) is 1. The van der Waals surface area contributed by atoms with Gasteiger partial charge in [0.15, 0.2) is 0 Å². The summed E-state index contributed by atoms with van der Waals surface area (Å²) in [6, 6.07) is 7.18. The topological polar surface area (TPSA) is 44.4 Å². The molecule has 0 bridgehead atoms. The molecule has 3 rings (SSSR count). The van der Waals surface area contributed by atoms with Crippen LogP contribution < -0.4 is 10.6 Å². The molecule has 1 aromatic carbocycles. The van der Waals surface area contributed by atoms with E-state index in [9.17, 15) is 4.79 Å². The first kappa shape index (κ1) is 11.8. The van der Waals surface area contributed by atoms with Gasteiger partial charge in [-0.2, -0.15) is 0 Å². The Morgan fingerprint density at radius 1 is 1.22 bits per heavy atom. The maximum atomic E-state index is 12.1. The number of hydrogen-bond acceptors (Lipinski definition) is 2. The molecule has 1 aromatic rings. The minimum Gasteiger partial charge on any atom is -0.324 e. The SMILES string of the molecule is O=C(Nc1ccc(Cl)cc1)N1CC2CNCC2C1. The Morgan fingerprint density at radius 3 is 2.44 bits per heavy atom. The largest absolute Gasteiger partial charge is 0.324 e. The molecule has 0 aliphatic carbocycles. The van der Waals surface area contributed by atoms with Crippen molar-refractivity contribution in [2.24, 2.45) is 11.8 Å². The van der Waals surface area contributed by atoms with Gasteiger partial charge < -0.3 is 15.5 Å². The third kappa shape index (κ3) is 2.31. The van der Waals surface area contributed by atoms with Crippen LogP contribution in [0.25, 0.3) is 0 Å². The van der Waals surface area contributed by atoms with E-state index in [1.54, 1.807) is 12.1 Å². The second-order valence-corrected chi connectivity index (χ2v) is 5.46. The summed E-state index contributed by atoms with van der Waals surface area (Å²) < 4.78 is 0. The van der Waals surface area contributed by atoms with Crippen LogP contribution in [0.1, 0.15) is 0 Å². The Kier molecular flexibility index (Phi) is 3.14. The van der Waals surface area contributed by atoms with E-state index in [-0.39, 0.29) is 6.03 Å². The van der Waals surface area contributed by atoms with Crippen LogP contribution in [0.2, 0.25) is 5.02 Å². The van der Waals surface area contributed by atoms with E-state index in [0.717, 1.165) is 31.9 Å². The summed E-state index contributed by atoms with van der Waals surface area (Å²) in [5.74, 6) is 1.25. The quantitative estimate of drug-likeness (QED) is 0.816. The molecule has 2 atom stereocenters. The molecule has 2 unspecified atom stereocenters. The molecule has 2 amide bonds. The lowest BCUT2D eigenvalue weighted by molar-refractivity contribution is 0.219. The molecule has 2 N–H and O–H groups in total. The standard InChI is InChI=1S/C13H16ClN3O/c14-11-1-3-12(4-2-11)16-13(18)17-7-9-5-15-6-10(9)8-17/h1-4,9-10,15H,5-8H2,(H,16,18). The van der Waals surface area contributed by atoms with Crippen LogP contribution >= 0.6 is 11.6 Å². The summed E-state index contributed by atoms with van der Waals surface area (Å²) >= 11 is 5.81. The van der Waals surface area contributed by atoms with Crippen molar-refractivity contribution in [3.05, 3.63) is 29.3 Å². The van der Waals surface area contributed by atoms with E-state index in [2.05, 4.69) is 10.6 Å². The fourth-order valence-corrected chi connectivity index (χ4v) is 2.88. The third-order valence-corrected chi connectivity index (χ3v) is 4.02. The van der Waals surface area contributed by atoms with Crippen molar-refractivity contribution in [3.8, 4) is 0 Å². The fraction of sp³-hybridized carbons (Fsp3) is 0.462. The highest BCUT2D eigenvalue weighted by atomic mass is 35.5. The van der Waals surface area contributed by atoms with Gasteiger partial charge in [-0.1, -0.05) is 11.6 Å². The molecule has 0 spiro atoms. The summed E-state index contributed by atoms with van der Waals surface area (Å²) in [4.78, 5) is 14.0. The van der Waals surface area contributed by atoms with E-state index in [0.29, 0.717) is 16.9 Å². The first-order valence-corrected chi connectivity index (χ1v) is 6.62. The van der Waals surface area contributed by atoms with Gasteiger partial charge in [0.25, 0.3) is 0 Å². The van der Waals surface area contributed by atoms with Crippen LogP contribution in [-0.4, -0.2) is 37.1 Å². The van der Waals surface area contributed by atoms with E-state index in [4.69, 9.17) is 11.6 Å². The molecule has 5 heteroatoms. The maximum Gasteiger partial charge on any atom is 0.321 e. The van der Waals surface area contributed by atoms with Gasteiger partial charge in [-0.05, 0) is 36.1 Å². The van der Waals surface area contributed by atoms with Crippen molar-refractivity contribution in [3.63, 3.8) is 0 Å². The molecule has 2 aliphatic rings. The summed E-state index contributed by atoms with van der Waals surface area (Å²) in [5, 5.41) is 6.95. The molecule has 2 fully saturated rings. The minimum absolute atomic E-state index is 0.00766. The highest BCUT2D eigenvalue weighted by molar-refractivity contribution is 6.30. The number of rotatable bonds is 1. The number of anilines is 1. The first-order chi connectivity index (χ1) is 8.72. The van der Waals surface area contributed by atoms with Gasteiger partial charge in [0, 0.05) is 36.9 Å². The molecular formula is C13H16ClN3O. The van der Waals surface area contributed by atoms with Gasteiger partial charge in [0.2, 0.25) is 0 Å². The zero-order valence-electron chi connectivity index (χ0n) is 10.0. The van der Waals surface area contributed by atoms with E-state index >= 15 is 0 Å². The number of likely N-dealkylation sites (tertiary alicyclic amines) is 1. The highest BCUT2D eigenvalue weighted by Crippen LogP contribution is 2.26. The van der Waals surface area contributed by atoms with Crippen LogP contribution in [0.5, 0.6) is 0 Å². The summed E-state index contributed by atoms with van der Waals surface area (Å²) in [6.45, 7) is 3.79. The van der Waals surface area contributed by atoms with Gasteiger partial charge in [-0.25, -0.2) is 4.79 Å². The van der Waals surface area contributed by atoms with Crippen LogP contribution in [0.15, 0.2) is 24.3 Å². The van der Waals surface area contributed by atoms with E-state index < -0.39 is 0 Å². The zero-order valence-corrected chi connectivity index (χ0v) is 10.8. The molecule has 96 valence electrons. The van der Waals surface area contributed by atoms with Crippen molar-refractivity contribution < 1.29 is 4.79 Å². The number of benzene rings is 1. The third-order valence-electron chi connectivity index (χ3n) is 3.77. The van der Waals surface area contributed by atoms with Gasteiger partial charge in [0.1, 0.15) is 0 Å². The predicted molar refractivity (Wildman–Crippen MR) is 71.9 cm³/mol. The lowest BCUT2D eigenvalue weighted by Gasteiger charge is -2.18. The number of urea groups is 1. The van der Waals surface area contributed by atoms with Gasteiger partial charge >= 0.3 is 6.03 Å². The summed E-state index contributed by atoms with van der Waals surface area (Å²) in [5.41, 5.74) is 0.791. The monoisotopic (exact) mass is 265 g/mol. The van der Waals surface area contributed by atoms with E-state index in [1.807, 2.05) is 17.0 Å². The number of nitrogens with one attached hydrogen (secondary N) is 2. The second kappa shape index (κ2) is 4.78. The Hall–Kier alpha value is -1.26. The number of carbonyl (C=O) groups is 1. The highest BCUT2D eigenvalue weighted by Gasteiger charge is 2.37. The average molecular weight is 266 g/mol. The van der Waals surface area contributed by atoms with Crippen LogP contribution in [0.4, 0.5) is 10.5 Å². The van der Waals surface area contributed by atoms with Crippen molar-refractivity contribution >= 4 is 23.3 Å². The second-order valence-electron chi connectivity index (χ2n) is 5.02. The smallest absolute Gasteiger partial charge is 0.321 e. The number of carbonyl (C=O) groups excluding carboxylic acids is 1. The van der Waals surface area contributed by atoms with Gasteiger partial charge in [-0.15, -0.1) is 0 Å². The Morgan fingerprint density at radius 2 is 1.83 bits per heavy atom. The number of amides is 2. The maximum absolute atomic E-state index is 12.1. The molecule has 2 aliphatic heterocycles. The lowest BCUT2D eigenvalue weighted by Crippen LogP contribution is -2.35. The molecule has 2 heterocycles. The van der Waals surface area contributed by atoms with Crippen molar-refractivity contribution in [2.75, 3.05) is 31.5 Å². The molecular weight excluding hydrogens is 250 g/mol. The first-order valence-electron chi connectivity index (χ1n) is 6.24. The molecule has 4 nitrogen and oxygen atoms in total. The summed E-state index contributed by atoms with van der Waals surface area (Å²) in [6.07, 6.45) is 0. The summed E-state index contributed by atoms with van der Waals surface area (Å²) in [7, 11) is 0. The number of halogens is 1. The van der Waals surface area contributed by atoms with E-state index in [1.165, 1.54) is 0 Å².